The maximum Gasteiger partial charge on any atom is 0.338 e. The van der Waals surface area contributed by atoms with Gasteiger partial charge >= 0.3 is 5.97 Å². The van der Waals surface area contributed by atoms with Gasteiger partial charge in [0.05, 0.1) is 17.9 Å². The molecule has 0 saturated carbocycles. The molecule has 0 spiro atoms. The smallest absolute Gasteiger partial charge is 0.338 e. The largest absolute Gasteiger partial charge is 0.467 e. The van der Waals surface area contributed by atoms with Gasteiger partial charge in [-0.2, -0.15) is 0 Å². The first-order chi connectivity index (χ1) is 12.7. The Morgan fingerprint density at radius 1 is 1.31 bits per heavy atom. The van der Waals surface area contributed by atoms with Crippen LogP contribution in [0.2, 0.25) is 5.02 Å². The predicted octanol–water partition coefficient (Wildman–Crippen LogP) is 2.54. The highest BCUT2D eigenvalue weighted by molar-refractivity contribution is 6.30. The lowest BCUT2D eigenvalue weighted by Gasteiger charge is -2.21. The molecule has 1 aliphatic heterocycles. The number of aromatic nitrogens is 4. The molecule has 1 aromatic heterocycles. The van der Waals surface area contributed by atoms with Crippen molar-refractivity contribution < 1.29 is 19.0 Å². The van der Waals surface area contributed by atoms with E-state index in [1.54, 1.807) is 36.4 Å². The zero-order valence-electron chi connectivity index (χ0n) is 13.5. The van der Waals surface area contributed by atoms with Gasteiger partial charge in [0.1, 0.15) is 18.7 Å². The Balaban J connectivity index is 1.51. The molecule has 132 valence electrons. The molecule has 0 radical (unpaired) electrons. The van der Waals surface area contributed by atoms with E-state index >= 15 is 0 Å². The SMILES string of the molecule is O=C(OCc1cc(Cl)cc2c1OCOC2)c1cccc(-n2cnnn2)c1. The molecule has 0 aliphatic carbocycles. The summed E-state index contributed by atoms with van der Waals surface area (Å²) in [6, 6.07) is 10.3. The molecular formula is C17H13ClN4O4. The van der Waals surface area contributed by atoms with Crippen LogP contribution in [0, 0.1) is 0 Å². The zero-order valence-corrected chi connectivity index (χ0v) is 14.2. The van der Waals surface area contributed by atoms with Gasteiger partial charge in [-0.25, -0.2) is 9.48 Å². The Morgan fingerprint density at radius 3 is 3.08 bits per heavy atom. The molecule has 0 amide bonds. The lowest BCUT2D eigenvalue weighted by molar-refractivity contribution is -0.0180. The monoisotopic (exact) mass is 372 g/mol. The minimum Gasteiger partial charge on any atom is -0.467 e. The summed E-state index contributed by atoms with van der Waals surface area (Å²) in [4.78, 5) is 12.4. The lowest BCUT2D eigenvalue weighted by Crippen LogP contribution is -2.14. The van der Waals surface area contributed by atoms with Crippen molar-refractivity contribution in [1.82, 2.24) is 20.2 Å². The van der Waals surface area contributed by atoms with E-state index in [0.717, 1.165) is 5.56 Å². The van der Waals surface area contributed by atoms with Crippen molar-refractivity contribution in [2.24, 2.45) is 0 Å². The first kappa shape index (κ1) is 16.5. The molecule has 2 heterocycles. The summed E-state index contributed by atoms with van der Waals surface area (Å²) in [5.74, 6) is 0.177. The van der Waals surface area contributed by atoms with E-state index in [1.807, 2.05) is 0 Å². The highest BCUT2D eigenvalue weighted by Gasteiger charge is 2.18. The van der Waals surface area contributed by atoms with Crippen LogP contribution < -0.4 is 4.74 Å². The van der Waals surface area contributed by atoms with Gasteiger partial charge in [-0.3, -0.25) is 0 Å². The molecule has 26 heavy (non-hydrogen) atoms. The van der Waals surface area contributed by atoms with Gasteiger partial charge in [0.15, 0.2) is 6.79 Å². The minimum atomic E-state index is -0.472. The van der Waals surface area contributed by atoms with Gasteiger partial charge in [0, 0.05) is 16.1 Å². The van der Waals surface area contributed by atoms with Crippen LogP contribution in [-0.4, -0.2) is 33.0 Å². The fourth-order valence-corrected chi connectivity index (χ4v) is 2.91. The summed E-state index contributed by atoms with van der Waals surface area (Å²) >= 11 is 6.12. The number of halogens is 1. The maximum absolute atomic E-state index is 12.4. The summed E-state index contributed by atoms with van der Waals surface area (Å²) in [7, 11) is 0. The normalized spacial score (nSPS) is 13.0. The molecule has 1 aliphatic rings. The third-order valence-corrected chi connectivity index (χ3v) is 4.02. The number of tetrazole rings is 1. The Morgan fingerprint density at radius 2 is 2.23 bits per heavy atom. The van der Waals surface area contributed by atoms with Crippen molar-refractivity contribution in [3.63, 3.8) is 0 Å². The van der Waals surface area contributed by atoms with Crippen molar-refractivity contribution in [3.05, 3.63) is 64.4 Å². The fourth-order valence-electron chi connectivity index (χ4n) is 2.65. The van der Waals surface area contributed by atoms with Gasteiger partial charge in [-0.05, 0) is 40.8 Å². The standard InChI is InChI=1S/C17H13ClN4O4/c18-14-4-12-7-24-10-26-16(12)13(5-14)8-25-17(23)11-2-1-3-15(6-11)22-9-19-20-21-22/h1-6,9H,7-8,10H2. The van der Waals surface area contributed by atoms with Crippen molar-refractivity contribution in [1.29, 1.82) is 0 Å². The fraction of sp³-hybridized carbons (Fsp3) is 0.176. The van der Waals surface area contributed by atoms with Crippen LogP contribution in [0.5, 0.6) is 5.75 Å². The molecular weight excluding hydrogens is 360 g/mol. The van der Waals surface area contributed by atoms with Gasteiger partial charge < -0.3 is 14.2 Å². The lowest BCUT2D eigenvalue weighted by atomic mass is 10.1. The Labute approximate surface area is 153 Å². The number of rotatable bonds is 4. The Kier molecular flexibility index (Phi) is 4.51. The Bertz CT molecular complexity index is 946. The van der Waals surface area contributed by atoms with Crippen LogP contribution in [0.15, 0.2) is 42.7 Å². The third-order valence-electron chi connectivity index (χ3n) is 3.81. The highest BCUT2D eigenvalue weighted by Crippen LogP contribution is 2.32. The number of hydrogen-bond donors (Lipinski definition) is 0. The second kappa shape index (κ2) is 7.11. The molecule has 0 bridgehead atoms. The predicted molar refractivity (Wildman–Crippen MR) is 90.0 cm³/mol. The van der Waals surface area contributed by atoms with Gasteiger partial charge in [0.2, 0.25) is 0 Å². The molecule has 9 heteroatoms. The van der Waals surface area contributed by atoms with Crippen molar-refractivity contribution in [3.8, 4) is 11.4 Å². The Hall–Kier alpha value is -2.97. The number of fused-ring (bicyclic) bond motifs is 1. The van der Waals surface area contributed by atoms with E-state index < -0.39 is 5.97 Å². The summed E-state index contributed by atoms with van der Waals surface area (Å²) in [6.45, 7) is 0.602. The maximum atomic E-state index is 12.4. The number of nitrogens with zero attached hydrogens (tertiary/aromatic N) is 4. The van der Waals surface area contributed by atoms with E-state index in [9.17, 15) is 4.79 Å². The van der Waals surface area contributed by atoms with E-state index in [4.69, 9.17) is 25.8 Å². The van der Waals surface area contributed by atoms with Crippen LogP contribution in [0.4, 0.5) is 0 Å². The number of benzene rings is 2. The topological polar surface area (TPSA) is 88.4 Å². The van der Waals surface area contributed by atoms with Crippen LogP contribution >= 0.6 is 11.6 Å². The summed E-state index contributed by atoms with van der Waals surface area (Å²) in [5, 5.41) is 11.5. The second-order valence-electron chi connectivity index (χ2n) is 5.54. The van der Waals surface area contributed by atoms with Gasteiger partial charge in [-0.1, -0.05) is 17.7 Å². The molecule has 0 N–H and O–H groups in total. The van der Waals surface area contributed by atoms with Crippen LogP contribution in [0.3, 0.4) is 0 Å². The molecule has 2 aromatic carbocycles. The summed E-state index contributed by atoms with van der Waals surface area (Å²) in [6.07, 6.45) is 1.45. The third kappa shape index (κ3) is 3.37. The minimum absolute atomic E-state index is 0.0385. The number of esters is 1. The van der Waals surface area contributed by atoms with E-state index in [1.165, 1.54) is 11.0 Å². The van der Waals surface area contributed by atoms with Gasteiger partial charge in [-0.15, -0.1) is 5.10 Å². The van der Waals surface area contributed by atoms with Gasteiger partial charge in [0.25, 0.3) is 0 Å². The first-order valence-corrected chi connectivity index (χ1v) is 8.11. The molecule has 8 nitrogen and oxygen atoms in total. The van der Waals surface area contributed by atoms with Crippen molar-refractivity contribution in [2.45, 2.75) is 13.2 Å². The van der Waals surface area contributed by atoms with Crippen molar-refractivity contribution in [2.75, 3.05) is 6.79 Å². The first-order valence-electron chi connectivity index (χ1n) is 7.73. The van der Waals surface area contributed by atoms with E-state index in [2.05, 4.69) is 15.5 Å². The molecule has 0 atom stereocenters. The molecule has 3 aromatic rings. The van der Waals surface area contributed by atoms with Crippen LogP contribution in [0.1, 0.15) is 21.5 Å². The number of carbonyl (C=O) groups is 1. The molecule has 0 unspecified atom stereocenters. The van der Waals surface area contributed by atoms with Crippen molar-refractivity contribution >= 4 is 17.6 Å². The number of carbonyl (C=O) groups excluding carboxylic acids is 1. The average Bonchev–Trinajstić information content (AvgIpc) is 3.20. The van der Waals surface area contributed by atoms with E-state index in [0.29, 0.717) is 34.2 Å². The average molecular weight is 373 g/mol. The molecule has 4 rings (SSSR count). The zero-order chi connectivity index (χ0) is 17.9. The number of hydrogen-bond acceptors (Lipinski definition) is 7. The second-order valence-corrected chi connectivity index (χ2v) is 5.98. The summed E-state index contributed by atoms with van der Waals surface area (Å²) in [5.41, 5.74) is 2.57. The van der Waals surface area contributed by atoms with Crippen LogP contribution in [-0.2, 0) is 22.7 Å². The van der Waals surface area contributed by atoms with E-state index in [-0.39, 0.29) is 13.4 Å². The quantitative estimate of drug-likeness (QED) is 0.650. The molecule has 0 fully saturated rings. The number of ether oxygens (including phenoxy) is 3. The summed E-state index contributed by atoms with van der Waals surface area (Å²) < 4.78 is 17.6. The highest BCUT2D eigenvalue weighted by atomic mass is 35.5. The van der Waals surface area contributed by atoms with Crippen LogP contribution in [0.25, 0.3) is 5.69 Å². The molecule has 0 saturated heterocycles.